The van der Waals surface area contributed by atoms with Gasteiger partial charge >= 0.3 is 0 Å². The Morgan fingerprint density at radius 2 is 2.07 bits per heavy atom. The lowest BCUT2D eigenvalue weighted by molar-refractivity contribution is -0.0272. The maximum absolute atomic E-state index is 12.5. The Morgan fingerprint density at radius 3 is 2.70 bits per heavy atom. The smallest absolute Gasteiger partial charge is 0.251 e. The zero-order valence-electron chi connectivity index (χ0n) is 15.5. The maximum Gasteiger partial charge on any atom is 0.251 e. The van der Waals surface area contributed by atoms with E-state index >= 15 is 0 Å². The third-order valence-electron chi connectivity index (χ3n) is 4.88. The van der Waals surface area contributed by atoms with E-state index in [0.717, 1.165) is 18.4 Å². The van der Waals surface area contributed by atoms with Gasteiger partial charge in [-0.2, -0.15) is 5.10 Å². The van der Waals surface area contributed by atoms with E-state index < -0.39 is 15.1 Å². The molecule has 2 aromatic rings. The highest BCUT2D eigenvalue weighted by Gasteiger charge is 2.28. The van der Waals surface area contributed by atoms with Gasteiger partial charge in [-0.15, -0.1) is 0 Å². The number of amides is 1. The van der Waals surface area contributed by atoms with Gasteiger partial charge in [0, 0.05) is 36.4 Å². The fourth-order valence-corrected chi connectivity index (χ4v) is 4.29. The number of benzene rings is 1. The van der Waals surface area contributed by atoms with Crippen LogP contribution in [0.4, 0.5) is 0 Å². The Kier molecular flexibility index (Phi) is 5.96. The first kappa shape index (κ1) is 19.6. The van der Waals surface area contributed by atoms with Crippen LogP contribution in [0.15, 0.2) is 41.6 Å². The quantitative estimate of drug-likeness (QED) is 0.788. The van der Waals surface area contributed by atoms with Gasteiger partial charge in [-0.3, -0.25) is 9.89 Å². The average molecular weight is 391 g/mol. The Hall–Kier alpha value is -2.19. The van der Waals surface area contributed by atoms with E-state index in [1.807, 2.05) is 6.20 Å². The molecule has 7 nitrogen and oxygen atoms in total. The van der Waals surface area contributed by atoms with E-state index in [9.17, 15) is 13.2 Å². The summed E-state index contributed by atoms with van der Waals surface area (Å²) >= 11 is 0. The fraction of sp³-hybridized carbons (Fsp3) is 0.474. The molecule has 3 rings (SSSR count). The molecule has 1 aromatic carbocycles. The number of hydrogen-bond donors (Lipinski definition) is 2. The van der Waals surface area contributed by atoms with Crippen molar-refractivity contribution in [3.63, 3.8) is 0 Å². The van der Waals surface area contributed by atoms with Crippen molar-refractivity contribution in [1.29, 1.82) is 0 Å². The molecule has 146 valence electrons. The monoisotopic (exact) mass is 391 g/mol. The molecule has 2 N–H and O–H groups in total. The van der Waals surface area contributed by atoms with Crippen molar-refractivity contribution < 1.29 is 17.9 Å². The van der Waals surface area contributed by atoms with Crippen molar-refractivity contribution in [3.8, 4) is 0 Å². The van der Waals surface area contributed by atoms with Crippen molar-refractivity contribution in [3.05, 3.63) is 47.8 Å². The minimum absolute atomic E-state index is 0.0867. The number of H-pyrrole nitrogens is 1. The van der Waals surface area contributed by atoms with Gasteiger partial charge in [0.1, 0.15) is 0 Å². The number of aromatic nitrogens is 2. The first-order valence-electron chi connectivity index (χ1n) is 9.12. The maximum atomic E-state index is 12.5. The topological polar surface area (TPSA) is 101 Å². The zero-order valence-corrected chi connectivity index (χ0v) is 16.3. The molecule has 1 amide bonds. The van der Waals surface area contributed by atoms with E-state index in [2.05, 4.69) is 15.5 Å². The normalized spacial score (nSPS) is 20.6. The summed E-state index contributed by atoms with van der Waals surface area (Å²) in [4.78, 5) is 12.7. The molecule has 0 bridgehead atoms. The predicted octanol–water partition coefficient (Wildman–Crippen LogP) is 2.49. The minimum Gasteiger partial charge on any atom is -0.373 e. The molecule has 27 heavy (non-hydrogen) atoms. The van der Waals surface area contributed by atoms with Gasteiger partial charge in [0.2, 0.25) is 0 Å². The van der Waals surface area contributed by atoms with Gasteiger partial charge in [0.05, 0.1) is 22.4 Å². The standard InChI is InChI=1S/C19H25N3O4S/c1-13(2)27(24,25)17-7-5-14(6-8-17)19(23)20-10-15-4-3-9-26-18(15)16-11-21-22-12-16/h5-8,11-13,15,18H,3-4,9-10H2,1-2H3,(H,20,23)(H,21,22)/t15-,18+/m0/s1. The second kappa shape index (κ2) is 8.22. The summed E-state index contributed by atoms with van der Waals surface area (Å²) in [6.45, 7) is 4.46. The summed E-state index contributed by atoms with van der Waals surface area (Å²) in [5.41, 5.74) is 1.42. The molecule has 2 heterocycles. The second-order valence-electron chi connectivity index (χ2n) is 7.05. The van der Waals surface area contributed by atoms with Crippen LogP contribution in [0.3, 0.4) is 0 Å². The van der Waals surface area contributed by atoms with Crippen molar-refractivity contribution in [1.82, 2.24) is 15.5 Å². The van der Waals surface area contributed by atoms with Gasteiger partial charge in [-0.05, 0) is 51.0 Å². The van der Waals surface area contributed by atoms with Crippen LogP contribution in [-0.4, -0.2) is 42.9 Å². The van der Waals surface area contributed by atoms with Crippen molar-refractivity contribution in [2.45, 2.75) is 42.9 Å². The van der Waals surface area contributed by atoms with Crippen LogP contribution in [0.25, 0.3) is 0 Å². The van der Waals surface area contributed by atoms with E-state index in [-0.39, 0.29) is 22.8 Å². The van der Waals surface area contributed by atoms with Crippen LogP contribution < -0.4 is 5.32 Å². The Bertz CT molecular complexity index is 861. The number of carbonyl (C=O) groups is 1. The van der Waals surface area contributed by atoms with Gasteiger partial charge in [0.15, 0.2) is 9.84 Å². The first-order valence-corrected chi connectivity index (χ1v) is 10.7. The molecule has 0 spiro atoms. The Labute approximate surface area is 159 Å². The van der Waals surface area contributed by atoms with Crippen molar-refractivity contribution in [2.75, 3.05) is 13.2 Å². The van der Waals surface area contributed by atoms with Crippen LogP contribution in [0, 0.1) is 5.92 Å². The molecule has 1 aromatic heterocycles. The Balaban J connectivity index is 1.63. The lowest BCUT2D eigenvalue weighted by atomic mass is 9.91. The average Bonchev–Trinajstić information content (AvgIpc) is 3.21. The molecular weight excluding hydrogens is 366 g/mol. The van der Waals surface area contributed by atoms with Gasteiger partial charge < -0.3 is 10.1 Å². The van der Waals surface area contributed by atoms with Crippen LogP contribution in [0.2, 0.25) is 0 Å². The molecule has 0 unspecified atom stereocenters. The summed E-state index contributed by atoms with van der Waals surface area (Å²) in [5.74, 6) is -0.0547. The number of nitrogens with one attached hydrogen (secondary N) is 2. The molecule has 1 aliphatic rings. The van der Waals surface area contributed by atoms with Gasteiger partial charge in [-0.25, -0.2) is 8.42 Å². The SMILES string of the molecule is CC(C)S(=O)(=O)c1ccc(C(=O)NC[C@@H]2CCCO[C@H]2c2cn[nH]c2)cc1. The molecule has 0 saturated carbocycles. The summed E-state index contributed by atoms with van der Waals surface area (Å²) < 4.78 is 30.2. The van der Waals surface area contributed by atoms with Crippen LogP contribution >= 0.6 is 0 Å². The van der Waals surface area contributed by atoms with Gasteiger partial charge in [0.25, 0.3) is 5.91 Å². The highest BCUT2D eigenvalue weighted by Crippen LogP contribution is 2.32. The number of sulfone groups is 1. The molecule has 0 aliphatic carbocycles. The molecular formula is C19H25N3O4S. The number of hydrogen-bond acceptors (Lipinski definition) is 5. The summed E-state index contributed by atoms with van der Waals surface area (Å²) in [7, 11) is -3.34. The predicted molar refractivity (Wildman–Crippen MR) is 101 cm³/mol. The molecule has 1 aliphatic heterocycles. The van der Waals surface area contributed by atoms with E-state index in [1.54, 1.807) is 32.2 Å². The molecule has 1 saturated heterocycles. The highest BCUT2D eigenvalue weighted by atomic mass is 32.2. The van der Waals surface area contributed by atoms with E-state index in [4.69, 9.17) is 4.74 Å². The number of rotatable bonds is 6. The highest BCUT2D eigenvalue weighted by molar-refractivity contribution is 7.92. The van der Waals surface area contributed by atoms with Crippen LogP contribution in [0.1, 0.15) is 48.7 Å². The lowest BCUT2D eigenvalue weighted by Gasteiger charge is -2.31. The summed E-state index contributed by atoms with van der Waals surface area (Å²) in [6, 6.07) is 6.08. The number of nitrogens with zero attached hydrogens (tertiary/aromatic N) is 1. The van der Waals surface area contributed by atoms with Crippen molar-refractivity contribution >= 4 is 15.7 Å². The van der Waals surface area contributed by atoms with E-state index in [1.165, 1.54) is 12.1 Å². The molecule has 1 fully saturated rings. The number of carbonyl (C=O) groups excluding carboxylic acids is 1. The Morgan fingerprint density at radius 1 is 1.33 bits per heavy atom. The number of aromatic amines is 1. The third-order valence-corrected chi connectivity index (χ3v) is 7.05. The van der Waals surface area contributed by atoms with Crippen LogP contribution in [-0.2, 0) is 14.6 Å². The van der Waals surface area contributed by atoms with Crippen LogP contribution in [0.5, 0.6) is 0 Å². The summed E-state index contributed by atoms with van der Waals surface area (Å²) in [6.07, 6.45) is 5.40. The minimum atomic E-state index is -3.34. The lowest BCUT2D eigenvalue weighted by Crippen LogP contribution is -2.35. The second-order valence-corrected chi connectivity index (χ2v) is 9.56. The van der Waals surface area contributed by atoms with Crippen molar-refractivity contribution in [2.24, 2.45) is 5.92 Å². The third kappa shape index (κ3) is 4.39. The molecule has 8 heteroatoms. The number of ether oxygens (including phenoxy) is 1. The van der Waals surface area contributed by atoms with Gasteiger partial charge in [-0.1, -0.05) is 0 Å². The van der Waals surface area contributed by atoms with E-state index in [0.29, 0.717) is 18.7 Å². The first-order chi connectivity index (χ1) is 12.9. The summed E-state index contributed by atoms with van der Waals surface area (Å²) in [5, 5.41) is 9.22. The zero-order chi connectivity index (χ0) is 19.4. The largest absolute Gasteiger partial charge is 0.373 e. The fourth-order valence-electron chi connectivity index (χ4n) is 3.23. The molecule has 2 atom stereocenters. The molecule has 0 radical (unpaired) electrons.